The molecule has 1 heterocycles. The maximum atomic E-state index is 12.5. The van der Waals surface area contributed by atoms with E-state index in [9.17, 15) is 23.1 Å². The van der Waals surface area contributed by atoms with E-state index in [2.05, 4.69) is 5.32 Å². The minimum Gasteiger partial charge on any atom is -0.480 e. The van der Waals surface area contributed by atoms with Crippen LogP contribution in [0, 0.1) is 5.92 Å². The van der Waals surface area contributed by atoms with Gasteiger partial charge < -0.3 is 10.4 Å². The number of carboxylic acids is 1. The fourth-order valence-corrected chi connectivity index (χ4v) is 4.87. The van der Waals surface area contributed by atoms with E-state index >= 15 is 0 Å². The van der Waals surface area contributed by atoms with Gasteiger partial charge in [0.05, 0.1) is 5.75 Å². The molecule has 0 bridgehead atoms. The molecule has 1 amide bonds. The van der Waals surface area contributed by atoms with E-state index < -0.39 is 22.0 Å². The lowest BCUT2D eigenvalue weighted by atomic mass is 9.96. The molecule has 0 radical (unpaired) electrons. The van der Waals surface area contributed by atoms with E-state index in [1.165, 1.54) is 4.31 Å². The topological polar surface area (TPSA) is 104 Å². The Hall–Kier alpha value is -1.93. The van der Waals surface area contributed by atoms with Crippen LogP contribution in [-0.4, -0.2) is 54.6 Å². The number of carboxylic acid groups (broad SMARTS) is 1. The van der Waals surface area contributed by atoms with Gasteiger partial charge in [-0.1, -0.05) is 43.7 Å². The maximum Gasteiger partial charge on any atom is 0.326 e. The molecule has 1 atom stereocenters. The van der Waals surface area contributed by atoms with Crippen molar-refractivity contribution in [2.24, 2.45) is 5.92 Å². The second-order valence-corrected chi connectivity index (χ2v) is 9.02. The van der Waals surface area contributed by atoms with Crippen LogP contribution in [0.5, 0.6) is 0 Å². The number of amides is 1. The van der Waals surface area contributed by atoms with Gasteiger partial charge in [0.2, 0.25) is 15.9 Å². The van der Waals surface area contributed by atoms with Gasteiger partial charge in [0.25, 0.3) is 0 Å². The second kappa shape index (κ2) is 9.85. The van der Waals surface area contributed by atoms with Gasteiger partial charge in [-0.05, 0) is 24.8 Å². The molecular weight excluding hydrogens is 368 g/mol. The minimum absolute atomic E-state index is 0.137. The first-order chi connectivity index (χ1) is 12.8. The number of hydrogen-bond acceptors (Lipinski definition) is 4. The van der Waals surface area contributed by atoms with Gasteiger partial charge in [-0.15, -0.1) is 0 Å². The molecule has 2 N–H and O–H groups in total. The van der Waals surface area contributed by atoms with Gasteiger partial charge >= 0.3 is 5.97 Å². The molecule has 8 heteroatoms. The van der Waals surface area contributed by atoms with Crippen LogP contribution in [0.1, 0.15) is 38.2 Å². The van der Waals surface area contributed by atoms with Gasteiger partial charge in [-0.25, -0.2) is 17.5 Å². The fourth-order valence-electron chi connectivity index (χ4n) is 3.19. The Balaban J connectivity index is 1.89. The maximum absolute atomic E-state index is 12.5. The normalized spacial score (nSPS) is 17.4. The van der Waals surface area contributed by atoms with Gasteiger partial charge in [0.1, 0.15) is 6.04 Å². The fraction of sp³-hybridized carbons (Fsp3) is 0.579. The van der Waals surface area contributed by atoms with Crippen molar-refractivity contribution in [3.63, 3.8) is 0 Å². The number of carbonyl (C=O) groups is 2. The average molecular weight is 397 g/mol. The molecule has 1 aromatic carbocycles. The van der Waals surface area contributed by atoms with Crippen molar-refractivity contribution in [2.45, 2.75) is 45.1 Å². The predicted octanol–water partition coefficient (Wildman–Crippen LogP) is 1.64. The minimum atomic E-state index is -3.26. The third kappa shape index (κ3) is 6.32. The molecule has 1 fully saturated rings. The highest BCUT2D eigenvalue weighted by molar-refractivity contribution is 7.89. The largest absolute Gasteiger partial charge is 0.480 e. The molecule has 1 saturated heterocycles. The quantitative estimate of drug-likeness (QED) is 0.660. The van der Waals surface area contributed by atoms with Crippen molar-refractivity contribution in [3.05, 3.63) is 35.9 Å². The van der Waals surface area contributed by atoms with E-state index in [4.69, 9.17) is 0 Å². The summed E-state index contributed by atoms with van der Waals surface area (Å²) in [6, 6.07) is 8.14. The Labute approximate surface area is 160 Å². The molecule has 7 nitrogen and oxygen atoms in total. The van der Waals surface area contributed by atoms with Crippen LogP contribution in [0.15, 0.2) is 30.3 Å². The van der Waals surface area contributed by atoms with E-state index in [1.807, 2.05) is 37.3 Å². The van der Waals surface area contributed by atoms with Crippen LogP contribution in [0.25, 0.3) is 0 Å². The summed E-state index contributed by atoms with van der Waals surface area (Å²) < 4.78 is 25.9. The number of unbranched alkanes of at least 4 members (excludes halogenated alkanes) is 1. The molecule has 27 heavy (non-hydrogen) atoms. The smallest absolute Gasteiger partial charge is 0.326 e. The predicted molar refractivity (Wildman–Crippen MR) is 103 cm³/mol. The number of benzene rings is 1. The van der Waals surface area contributed by atoms with Gasteiger partial charge in [0, 0.05) is 25.4 Å². The summed E-state index contributed by atoms with van der Waals surface area (Å²) in [4.78, 5) is 24.0. The number of sulfonamides is 1. The third-order valence-corrected chi connectivity index (χ3v) is 6.83. The van der Waals surface area contributed by atoms with Crippen molar-refractivity contribution >= 4 is 21.9 Å². The van der Waals surface area contributed by atoms with Crippen molar-refractivity contribution in [2.75, 3.05) is 18.8 Å². The van der Waals surface area contributed by atoms with Crippen LogP contribution in [0.2, 0.25) is 0 Å². The summed E-state index contributed by atoms with van der Waals surface area (Å²) in [5.74, 6) is -1.62. The van der Waals surface area contributed by atoms with Gasteiger partial charge in [0.15, 0.2) is 0 Å². The van der Waals surface area contributed by atoms with E-state index in [1.54, 1.807) is 0 Å². The zero-order chi connectivity index (χ0) is 19.9. The third-order valence-electron chi connectivity index (χ3n) is 4.87. The molecule has 0 aliphatic carbocycles. The van der Waals surface area contributed by atoms with Gasteiger partial charge in [-0.3, -0.25) is 4.79 Å². The standard InChI is InChI=1S/C19H28N2O5S/c1-2-3-13-27(25,26)21-11-9-16(10-12-21)18(22)20-17(19(23)24)14-15-7-5-4-6-8-15/h4-8,16-17H,2-3,9-14H2,1H3,(H,20,22)(H,23,24). The molecule has 1 aliphatic heterocycles. The second-order valence-electron chi connectivity index (χ2n) is 6.93. The van der Waals surface area contributed by atoms with Gasteiger partial charge in [-0.2, -0.15) is 0 Å². The van der Waals surface area contributed by atoms with Crippen molar-refractivity contribution in [1.82, 2.24) is 9.62 Å². The monoisotopic (exact) mass is 396 g/mol. The van der Waals surface area contributed by atoms with Crippen molar-refractivity contribution in [3.8, 4) is 0 Å². The number of nitrogens with one attached hydrogen (secondary N) is 1. The molecule has 1 aliphatic rings. The molecular formula is C19H28N2O5S. The number of carbonyl (C=O) groups excluding carboxylic acids is 1. The van der Waals surface area contributed by atoms with Crippen LogP contribution in [-0.2, 0) is 26.0 Å². The van der Waals surface area contributed by atoms with Crippen LogP contribution >= 0.6 is 0 Å². The Morgan fingerprint density at radius 3 is 2.41 bits per heavy atom. The lowest BCUT2D eigenvalue weighted by molar-refractivity contribution is -0.142. The van der Waals surface area contributed by atoms with E-state index in [-0.39, 0.29) is 24.0 Å². The lowest BCUT2D eigenvalue weighted by Crippen LogP contribution is -2.48. The Bertz CT molecular complexity index is 728. The molecule has 0 saturated carbocycles. The van der Waals surface area contributed by atoms with E-state index in [0.29, 0.717) is 32.4 Å². The summed E-state index contributed by atoms with van der Waals surface area (Å²) in [5.41, 5.74) is 0.835. The number of piperidine rings is 1. The van der Waals surface area contributed by atoms with Crippen molar-refractivity contribution < 1.29 is 23.1 Å². The lowest BCUT2D eigenvalue weighted by Gasteiger charge is -2.31. The highest BCUT2D eigenvalue weighted by Crippen LogP contribution is 2.21. The van der Waals surface area contributed by atoms with Crippen LogP contribution < -0.4 is 5.32 Å². The first kappa shape index (κ1) is 21.4. The summed E-state index contributed by atoms with van der Waals surface area (Å²) >= 11 is 0. The summed E-state index contributed by atoms with van der Waals surface area (Å²) in [6.45, 7) is 2.56. The Kier molecular flexibility index (Phi) is 7.79. The summed E-state index contributed by atoms with van der Waals surface area (Å²) in [6.07, 6.45) is 2.48. The summed E-state index contributed by atoms with van der Waals surface area (Å²) in [7, 11) is -3.26. The first-order valence-electron chi connectivity index (χ1n) is 9.38. The SMILES string of the molecule is CCCCS(=O)(=O)N1CCC(C(=O)NC(Cc2ccccc2)C(=O)O)CC1. The highest BCUT2D eigenvalue weighted by Gasteiger charge is 2.32. The van der Waals surface area contributed by atoms with Crippen LogP contribution in [0.4, 0.5) is 0 Å². The number of aliphatic carboxylic acids is 1. The Morgan fingerprint density at radius 1 is 1.22 bits per heavy atom. The highest BCUT2D eigenvalue weighted by atomic mass is 32.2. The molecule has 0 spiro atoms. The molecule has 2 rings (SSSR count). The molecule has 0 aromatic heterocycles. The zero-order valence-electron chi connectivity index (χ0n) is 15.6. The molecule has 150 valence electrons. The molecule has 1 aromatic rings. The summed E-state index contributed by atoms with van der Waals surface area (Å²) in [5, 5.41) is 12.0. The van der Waals surface area contributed by atoms with Crippen molar-refractivity contribution in [1.29, 1.82) is 0 Å². The van der Waals surface area contributed by atoms with Crippen LogP contribution in [0.3, 0.4) is 0 Å². The average Bonchev–Trinajstić information content (AvgIpc) is 2.66. The first-order valence-corrected chi connectivity index (χ1v) is 11.0. The molecule has 1 unspecified atom stereocenters. The number of rotatable bonds is 9. The number of hydrogen-bond donors (Lipinski definition) is 2. The van der Waals surface area contributed by atoms with E-state index in [0.717, 1.165) is 12.0 Å². The number of nitrogens with zero attached hydrogens (tertiary/aromatic N) is 1. The zero-order valence-corrected chi connectivity index (χ0v) is 16.5. The Morgan fingerprint density at radius 2 is 1.85 bits per heavy atom.